The maximum absolute atomic E-state index is 6.00. The standard InChI is InChI=1S/C13H16N2O/c1-2-4-13-10(3-1)5-6-12(16-13)7-11-8-14-9-15-11/h1-4,9,11-12H,5-8H2,(H,14,15)/t11-,12-/m1/s1. The number of nitrogens with zero attached hydrogens (tertiary/aromatic N) is 1. The normalized spacial score (nSPS) is 27.0. The van der Waals surface area contributed by atoms with Gasteiger partial charge in [-0.2, -0.15) is 0 Å². The van der Waals surface area contributed by atoms with Crippen molar-refractivity contribution in [3.05, 3.63) is 29.8 Å². The van der Waals surface area contributed by atoms with E-state index in [1.54, 1.807) is 6.34 Å². The number of para-hydroxylation sites is 1. The number of aliphatic imine (C=N–C) groups is 1. The number of aryl methyl sites for hydroxylation is 1. The lowest BCUT2D eigenvalue weighted by molar-refractivity contribution is 0.155. The summed E-state index contributed by atoms with van der Waals surface area (Å²) in [6, 6.07) is 8.81. The minimum Gasteiger partial charge on any atom is -0.490 e. The van der Waals surface area contributed by atoms with E-state index >= 15 is 0 Å². The molecule has 0 bridgehead atoms. The van der Waals surface area contributed by atoms with Crippen LogP contribution >= 0.6 is 0 Å². The van der Waals surface area contributed by atoms with Gasteiger partial charge in [0.1, 0.15) is 11.9 Å². The van der Waals surface area contributed by atoms with Crippen molar-refractivity contribution in [2.24, 2.45) is 4.99 Å². The highest BCUT2D eigenvalue weighted by Gasteiger charge is 2.23. The fraction of sp³-hybridized carbons (Fsp3) is 0.462. The van der Waals surface area contributed by atoms with Crippen LogP contribution in [0.1, 0.15) is 18.4 Å². The number of nitrogens with one attached hydrogen (secondary N) is 1. The second-order valence-electron chi connectivity index (χ2n) is 4.48. The summed E-state index contributed by atoms with van der Waals surface area (Å²) in [7, 11) is 0. The molecule has 1 N–H and O–H groups in total. The van der Waals surface area contributed by atoms with Gasteiger partial charge < -0.3 is 10.1 Å². The summed E-state index contributed by atoms with van der Waals surface area (Å²) in [5.41, 5.74) is 1.34. The first-order chi connectivity index (χ1) is 7.92. The summed E-state index contributed by atoms with van der Waals surface area (Å²) in [6.07, 6.45) is 5.45. The van der Waals surface area contributed by atoms with Crippen molar-refractivity contribution >= 4 is 6.34 Å². The maximum atomic E-state index is 6.00. The van der Waals surface area contributed by atoms with Gasteiger partial charge in [-0.3, -0.25) is 4.99 Å². The molecule has 0 unspecified atom stereocenters. The number of hydrogen-bond donors (Lipinski definition) is 1. The Morgan fingerprint density at radius 2 is 2.31 bits per heavy atom. The molecule has 3 nitrogen and oxygen atoms in total. The van der Waals surface area contributed by atoms with Crippen LogP contribution in [0.3, 0.4) is 0 Å². The van der Waals surface area contributed by atoms with Crippen molar-refractivity contribution in [3.8, 4) is 5.75 Å². The molecule has 84 valence electrons. The minimum absolute atomic E-state index is 0.342. The maximum Gasteiger partial charge on any atom is 0.122 e. The zero-order valence-electron chi connectivity index (χ0n) is 9.23. The molecule has 1 aromatic rings. The molecule has 3 rings (SSSR count). The Balaban J connectivity index is 1.64. The first-order valence-electron chi connectivity index (χ1n) is 5.91. The number of benzene rings is 1. The molecule has 0 saturated carbocycles. The van der Waals surface area contributed by atoms with Gasteiger partial charge in [0.25, 0.3) is 0 Å². The van der Waals surface area contributed by atoms with Crippen LogP contribution in [-0.4, -0.2) is 25.0 Å². The quantitative estimate of drug-likeness (QED) is 0.817. The van der Waals surface area contributed by atoms with Gasteiger partial charge in [-0.25, -0.2) is 0 Å². The zero-order valence-corrected chi connectivity index (χ0v) is 9.23. The van der Waals surface area contributed by atoms with Gasteiger partial charge in [-0.05, 0) is 24.5 Å². The Bertz CT molecular complexity index is 395. The number of fused-ring (bicyclic) bond motifs is 1. The number of rotatable bonds is 2. The molecular formula is C13H16N2O. The largest absolute Gasteiger partial charge is 0.490 e. The third kappa shape index (κ3) is 1.90. The SMILES string of the molecule is C1=NC[C@@H](C[C@H]2CCc3ccccc3O2)N1. The molecule has 0 radical (unpaired) electrons. The van der Waals surface area contributed by atoms with E-state index < -0.39 is 0 Å². The minimum atomic E-state index is 0.342. The van der Waals surface area contributed by atoms with Crippen molar-refractivity contribution in [1.82, 2.24) is 5.32 Å². The molecule has 2 aliphatic rings. The molecule has 0 spiro atoms. The van der Waals surface area contributed by atoms with E-state index in [-0.39, 0.29) is 0 Å². The van der Waals surface area contributed by atoms with Gasteiger partial charge in [0.05, 0.1) is 18.9 Å². The van der Waals surface area contributed by atoms with Crippen molar-refractivity contribution < 1.29 is 4.74 Å². The van der Waals surface area contributed by atoms with Crippen LogP contribution in [0.25, 0.3) is 0 Å². The molecule has 0 amide bonds. The predicted molar refractivity (Wildman–Crippen MR) is 64.1 cm³/mol. The van der Waals surface area contributed by atoms with Crippen LogP contribution in [0.5, 0.6) is 5.75 Å². The molecular weight excluding hydrogens is 200 g/mol. The lowest BCUT2D eigenvalue weighted by Gasteiger charge is -2.27. The summed E-state index contributed by atoms with van der Waals surface area (Å²) in [5.74, 6) is 1.07. The Kier molecular flexibility index (Phi) is 2.52. The Labute approximate surface area is 95.5 Å². The van der Waals surface area contributed by atoms with Crippen LogP contribution in [0.4, 0.5) is 0 Å². The number of ether oxygens (including phenoxy) is 1. The van der Waals surface area contributed by atoms with E-state index in [9.17, 15) is 0 Å². The Hall–Kier alpha value is -1.51. The molecule has 0 aliphatic carbocycles. The van der Waals surface area contributed by atoms with Gasteiger partial charge in [0, 0.05) is 6.42 Å². The monoisotopic (exact) mass is 216 g/mol. The van der Waals surface area contributed by atoms with Gasteiger partial charge in [-0.15, -0.1) is 0 Å². The van der Waals surface area contributed by atoms with Crippen LogP contribution in [0.2, 0.25) is 0 Å². The summed E-state index contributed by atoms with van der Waals surface area (Å²) < 4.78 is 6.00. The second-order valence-corrected chi connectivity index (χ2v) is 4.48. The van der Waals surface area contributed by atoms with Crippen LogP contribution in [0.15, 0.2) is 29.3 Å². The Morgan fingerprint density at radius 1 is 1.38 bits per heavy atom. The number of hydrogen-bond acceptors (Lipinski definition) is 3. The molecule has 3 heteroatoms. The molecule has 16 heavy (non-hydrogen) atoms. The summed E-state index contributed by atoms with van der Waals surface area (Å²) in [6.45, 7) is 0.890. The third-order valence-corrected chi connectivity index (χ3v) is 3.28. The molecule has 2 heterocycles. The molecule has 1 aromatic carbocycles. The zero-order chi connectivity index (χ0) is 10.8. The van der Waals surface area contributed by atoms with E-state index in [0.717, 1.165) is 31.6 Å². The topological polar surface area (TPSA) is 33.6 Å². The van der Waals surface area contributed by atoms with Crippen molar-refractivity contribution in [2.75, 3.05) is 6.54 Å². The summed E-state index contributed by atoms with van der Waals surface area (Å²) in [4.78, 5) is 4.18. The lowest BCUT2D eigenvalue weighted by atomic mass is 9.98. The molecule has 0 fully saturated rings. The van der Waals surface area contributed by atoms with E-state index in [1.165, 1.54) is 5.56 Å². The van der Waals surface area contributed by atoms with Gasteiger partial charge in [-0.1, -0.05) is 18.2 Å². The smallest absolute Gasteiger partial charge is 0.122 e. The highest BCUT2D eigenvalue weighted by molar-refractivity contribution is 5.57. The molecule has 2 aliphatic heterocycles. The second kappa shape index (κ2) is 4.16. The highest BCUT2D eigenvalue weighted by Crippen LogP contribution is 2.28. The van der Waals surface area contributed by atoms with Crippen LogP contribution in [-0.2, 0) is 6.42 Å². The van der Waals surface area contributed by atoms with E-state index in [4.69, 9.17) is 4.74 Å². The van der Waals surface area contributed by atoms with Gasteiger partial charge in [0.2, 0.25) is 0 Å². The first-order valence-corrected chi connectivity index (χ1v) is 5.91. The molecule has 0 saturated heterocycles. The van der Waals surface area contributed by atoms with Gasteiger partial charge >= 0.3 is 0 Å². The summed E-state index contributed by atoms with van der Waals surface area (Å²) >= 11 is 0. The van der Waals surface area contributed by atoms with Crippen LogP contribution < -0.4 is 10.1 Å². The van der Waals surface area contributed by atoms with Crippen molar-refractivity contribution in [2.45, 2.75) is 31.4 Å². The van der Waals surface area contributed by atoms with Crippen molar-refractivity contribution in [1.29, 1.82) is 0 Å². The van der Waals surface area contributed by atoms with Crippen molar-refractivity contribution in [3.63, 3.8) is 0 Å². The van der Waals surface area contributed by atoms with Crippen LogP contribution in [0, 0.1) is 0 Å². The lowest BCUT2D eigenvalue weighted by Crippen LogP contribution is -2.33. The van der Waals surface area contributed by atoms with Gasteiger partial charge in [0.15, 0.2) is 0 Å². The van der Waals surface area contributed by atoms with E-state index in [1.807, 2.05) is 6.07 Å². The Morgan fingerprint density at radius 3 is 3.19 bits per heavy atom. The summed E-state index contributed by atoms with van der Waals surface area (Å²) in [5, 5.41) is 3.26. The average Bonchev–Trinajstić information content (AvgIpc) is 2.82. The molecule has 2 atom stereocenters. The fourth-order valence-electron chi connectivity index (χ4n) is 2.40. The fourth-order valence-corrected chi connectivity index (χ4v) is 2.40. The molecule has 0 aromatic heterocycles. The third-order valence-electron chi connectivity index (χ3n) is 3.28. The average molecular weight is 216 g/mol. The highest BCUT2D eigenvalue weighted by atomic mass is 16.5. The van der Waals surface area contributed by atoms with E-state index in [0.29, 0.717) is 12.1 Å². The predicted octanol–water partition coefficient (Wildman–Crippen LogP) is 1.77. The van der Waals surface area contributed by atoms with E-state index in [2.05, 4.69) is 28.5 Å². The first kappa shape index (κ1) is 9.70.